The van der Waals surface area contributed by atoms with E-state index < -0.39 is 6.29 Å². The molecule has 3 N–H and O–H groups in total. The summed E-state index contributed by atoms with van der Waals surface area (Å²) in [5.74, 6) is 0.445. The number of anilines is 1. The summed E-state index contributed by atoms with van der Waals surface area (Å²) in [7, 11) is 0. The number of thioether (sulfide) groups is 1. The molecule has 47 heavy (non-hydrogen) atoms. The van der Waals surface area contributed by atoms with Gasteiger partial charge in [-0.15, -0.1) is 5.10 Å². The van der Waals surface area contributed by atoms with Gasteiger partial charge in [-0.05, 0) is 70.4 Å². The number of ketones is 1. The molecule has 0 saturated carbocycles. The van der Waals surface area contributed by atoms with Crippen molar-refractivity contribution < 1.29 is 29.3 Å². The molecule has 1 saturated heterocycles. The zero-order valence-electron chi connectivity index (χ0n) is 25.5. The minimum atomic E-state index is -0.665. The Balaban J connectivity index is 1.15. The monoisotopic (exact) mass is 651 g/mol. The molecule has 11 nitrogen and oxygen atoms in total. The van der Waals surface area contributed by atoms with E-state index in [4.69, 9.17) is 9.47 Å². The van der Waals surface area contributed by atoms with Gasteiger partial charge < -0.3 is 25.0 Å². The highest BCUT2D eigenvalue weighted by Gasteiger charge is 2.32. The van der Waals surface area contributed by atoms with Crippen molar-refractivity contribution in [1.82, 2.24) is 20.2 Å². The third-order valence-electron chi connectivity index (χ3n) is 7.72. The second-order valence-corrected chi connectivity index (χ2v) is 12.1. The van der Waals surface area contributed by atoms with Gasteiger partial charge in [0.15, 0.2) is 12.1 Å². The number of ether oxygens (including phenoxy) is 2. The van der Waals surface area contributed by atoms with Gasteiger partial charge in [0.05, 0.1) is 30.9 Å². The first-order chi connectivity index (χ1) is 22.8. The lowest BCUT2D eigenvalue weighted by atomic mass is 10.0. The van der Waals surface area contributed by atoms with Gasteiger partial charge in [0.2, 0.25) is 11.1 Å². The minimum absolute atomic E-state index is 0.0400. The molecule has 1 aromatic heterocycles. The maximum atomic E-state index is 12.7. The normalized spacial score (nSPS) is 17.7. The zero-order valence-corrected chi connectivity index (χ0v) is 26.3. The first-order valence-corrected chi connectivity index (χ1v) is 16.0. The number of phenolic OH excluding ortho intramolecular Hbond substituents is 1. The van der Waals surface area contributed by atoms with Crippen LogP contribution in [0.15, 0.2) is 102 Å². The fraction of sp³-hybridized carbons (Fsp3) is 0.229. The van der Waals surface area contributed by atoms with Crippen molar-refractivity contribution in [3.8, 4) is 11.4 Å². The van der Waals surface area contributed by atoms with Crippen molar-refractivity contribution in [3.63, 3.8) is 0 Å². The van der Waals surface area contributed by atoms with Gasteiger partial charge in [-0.25, -0.2) is 0 Å². The summed E-state index contributed by atoms with van der Waals surface area (Å²) in [5.41, 5.74) is 5.25. The Hall–Kier alpha value is -4.88. The lowest BCUT2D eigenvalue weighted by molar-refractivity contribution is -0.245. The number of aliphatic hydroxyl groups excluding tert-OH is 1. The fourth-order valence-corrected chi connectivity index (χ4v) is 6.12. The number of aromatic hydroxyl groups is 1. The summed E-state index contributed by atoms with van der Waals surface area (Å²) in [5, 5.41) is 34.8. The summed E-state index contributed by atoms with van der Waals surface area (Å²) >= 11 is 1.46. The molecule has 12 heteroatoms. The Labute approximate surface area is 275 Å². The van der Waals surface area contributed by atoms with Crippen molar-refractivity contribution >= 4 is 29.1 Å². The summed E-state index contributed by atoms with van der Waals surface area (Å²) in [6.45, 7) is 1.45. The first-order valence-electron chi connectivity index (χ1n) is 15.1. The molecule has 1 fully saturated rings. The molecular weight excluding hydrogens is 618 g/mol. The number of rotatable bonds is 11. The molecule has 4 aromatic carbocycles. The molecule has 2 heterocycles. The van der Waals surface area contributed by atoms with Gasteiger partial charge in [-0.1, -0.05) is 72.4 Å². The average molecular weight is 652 g/mol. The molecule has 0 spiro atoms. The van der Waals surface area contributed by atoms with Crippen LogP contribution in [0, 0.1) is 0 Å². The number of aliphatic hydroxyl groups is 1. The van der Waals surface area contributed by atoms with Crippen LogP contribution < -0.4 is 5.32 Å². The smallest absolute Gasteiger partial charge is 0.228 e. The van der Waals surface area contributed by atoms with Crippen molar-refractivity contribution in [1.29, 1.82) is 0 Å². The Kier molecular flexibility index (Phi) is 10.0. The number of aromatic nitrogens is 4. The number of benzene rings is 4. The number of hydrogen-bond donors (Lipinski definition) is 3. The van der Waals surface area contributed by atoms with E-state index in [0.717, 1.165) is 27.9 Å². The minimum Gasteiger partial charge on any atom is -0.508 e. The van der Waals surface area contributed by atoms with Crippen LogP contribution in [0.1, 0.15) is 58.4 Å². The molecule has 3 atom stereocenters. The second kappa shape index (κ2) is 14.7. The van der Waals surface area contributed by atoms with E-state index in [1.165, 1.54) is 18.7 Å². The Morgan fingerprint density at radius 2 is 1.66 bits per heavy atom. The Bertz CT molecular complexity index is 1830. The Morgan fingerprint density at radius 1 is 0.936 bits per heavy atom. The van der Waals surface area contributed by atoms with Crippen LogP contribution in [0.25, 0.3) is 5.69 Å². The number of tetrazole rings is 1. The lowest BCUT2D eigenvalue weighted by Crippen LogP contribution is -2.31. The Morgan fingerprint density at radius 3 is 2.38 bits per heavy atom. The summed E-state index contributed by atoms with van der Waals surface area (Å²) in [6.07, 6.45) is -0.404. The number of phenols is 1. The quantitative estimate of drug-likeness (QED) is 0.122. The molecule has 240 valence electrons. The number of carbonyl (C=O) groups excluding carboxylic acids is 2. The number of hydrogen-bond acceptors (Lipinski definition) is 10. The second-order valence-electron chi connectivity index (χ2n) is 11.2. The topological polar surface area (TPSA) is 149 Å². The van der Waals surface area contributed by atoms with E-state index >= 15 is 0 Å². The predicted octanol–water partition coefficient (Wildman–Crippen LogP) is 5.58. The SMILES string of the molecule is CC(=O)c1cccc(NC(=O)Cc2ccc(C3O[C@H](CSc4nnnn4-c4ccc(O)cc4)C[C@H](c4ccc(CO)cc4)O3)cc2)c1. The van der Waals surface area contributed by atoms with E-state index in [2.05, 4.69) is 20.8 Å². The third-order valence-corrected chi connectivity index (χ3v) is 8.77. The highest BCUT2D eigenvalue weighted by atomic mass is 32.2. The number of nitrogens with one attached hydrogen (secondary N) is 1. The van der Waals surface area contributed by atoms with E-state index in [9.17, 15) is 19.8 Å². The van der Waals surface area contributed by atoms with Gasteiger partial charge in [0.1, 0.15) is 5.75 Å². The van der Waals surface area contributed by atoms with Gasteiger partial charge in [0.25, 0.3) is 0 Å². The molecule has 1 aliphatic heterocycles. The number of nitrogens with zero attached hydrogens (tertiary/aromatic N) is 4. The molecule has 1 amide bonds. The molecule has 6 rings (SSSR count). The van der Waals surface area contributed by atoms with Crippen molar-refractivity contribution in [2.24, 2.45) is 0 Å². The van der Waals surface area contributed by atoms with Gasteiger partial charge in [-0.3, -0.25) is 9.59 Å². The largest absolute Gasteiger partial charge is 0.508 e. The molecule has 0 aliphatic carbocycles. The standard InChI is InChI=1S/C35H33N5O6S/c1-22(42)27-3-2-4-28(18-27)36-33(44)17-23-5-11-26(12-6-23)34-45-31(19-32(46-34)25-9-7-24(20-41)8-10-25)21-47-35-37-38-39-40(35)29-13-15-30(43)16-14-29/h2-16,18,31-32,34,41,43H,17,19-21H2,1H3,(H,36,44)/t31-,32+,34?/m0/s1. The van der Waals surface area contributed by atoms with Crippen LogP contribution in [0.5, 0.6) is 5.75 Å². The highest BCUT2D eigenvalue weighted by Crippen LogP contribution is 2.39. The number of Topliss-reactive ketones (excluding diaryl/α,β-unsaturated/α-hetero) is 1. The van der Waals surface area contributed by atoms with Gasteiger partial charge in [-0.2, -0.15) is 4.68 Å². The summed E-state index contributed by atoms with van der Waals surface area (Å²) < 4.78 is 14.5. The highest BCUT2D eigenvalue weighted by molar-refractivity contribution is 7.99. The van der Waals surface area contributed by atoms with Gasteiger partial charge in [0, 0.05) is 29.0 Å². The van der Waals surface area contributed by atoms with E-state index in [0.29, 0.717) is 28.6 Å². The van der Waals surface area contributed by atoms with Crippen LogP contribution in [-0.2, 0) is 27.3 Å². The number of carbonyl (C=O) groups is 2. The van der Waals surface area contributed by atoms with Crippen molar-refractivity contribution in [2.75, 3.05) is 11.1 Å². The van der Waals surface area contributed by atoms with Crippen LogP contribution >= 0.6 is 11.8 Å². The maximum Gasteiger partial charge on any atom is 0.228 e. The molecule has 5 aromatic rings. The lowest BCUT2D eigenvalue weighted by Gasteiger charge is -2.36. The summed E-state index contributed by atoms with van der Waals surface area (Å²) in [4.78, 5) is 24.4. The zero-order chi connectivity index (χ0) is 32.8. The number of amides is 1. The van der Waals surface area contributed by atoms with E-state index in [1.54, 1.807) is 53.2 Å². The van der Waals surface area contributed by atoms with Crippen LogP contribution in [0.4, 0.5) is 5.69 Å². The third kappa shape index (κ3) is 8.10. The fourth-order valence-electron chi connectivity index (χ4n) is 5.21. The predicted molar refractivity (Wildman–Crippen MR) is 175 cm³/mol. The van der Waals surface area contributed by atoms with Gasteiger partial charge >= 0.3 is 0 Å². The molecular formula is C35H33N5O6S. The molecule has 0 bridgehead atoms. The first kappa shape index (κ1) is 32.1. The van der Waals surface area contributed by atoms with E-state index in [-0.39, 0.29) is 42.7 Å². The van der Waals surface area contributed by atoms with Crippen molar-refractivity contribution in [3.05, 3.63) is 125 Å². The maximum absolute atomic E-state index is 12.7. The van der Waals surface area contributed by atoms with Crippen molar-refractivity contribution in [2.45, 2.75) is 50.0 Å². The average Bonchev–Trinajstić information content (AvgIpc) is 3.56. The van der Waals surface area contributed by atoms with Crippen LogP contribution in [-0.4, -0.2) is 54.0 Å². The summed E-state index contributed by atoms with van der Waals surface area (Å²) in [6, 6.07) is 28.7. The van der Waals surface area contributed by atoms with E-state index in [1.807, 2.05) is 48.5 Å². The van der Waals surface area contributed by atoms with Crippen LogP contribution in [0.2, 0.25) is 0 Å². The molecule has 0 radical (unpaired) electrons. The van der Waals surface area contributed by atoms with Crippen LogP contribution in [0.3, 0.4) is 0 Å². The molecule has 1 aliphatic rings. The molecule has 1 unspecified atom stereocenters.